The fraction of sp³-hybridized carbons (Fsp3) is 0.250. The molecule has 1 aliphatic heterocycles. The van der Waals surface area contributed by atoms with Gasteiger partial charge in [-0.15, -0.1) is 0 Å². The number of hydrogen-bond donors (Lipinski definition) is 0. The van der Waals surface area contributed by atoms with Crippen LogP contribution in [0.2, 0.25) is 0 Å². The maximum atomic E-state index is 13.2. The number of piperazine rings is 1. The first-order chi connectivity index (χ1) is 13.9. The van der Waals surface area contributed by atoms with Crippen LogP contribution in [-0.2, 0) is 0 Å². The van der Waals surface area contributed by atoms with Crippen LogP contribution < -0.4 is 4.90 Å². The number of rotatable bonds is 4. The van der Waals surface area contributed by atoms with E-state index in [1.807, 2.05) is 24.3 Å². The highest BCUT2D eigenvalue weighted by atomic mass is 32.5. The van der Waals surface area contributed by atoms with E-state index in [2.05, 4.69) is 21.9 Å². The van der Waals surface area contributed by atoms with Gasteiger partial charge in [-0.05, 0) is 49.5 Å². The van der Waals surface area contributed by atoms with Crippen LogP contribution in [-0.4, -0.2) is 47.9 Å². The number of aromatic nitrogens is 2. The second kappa shape index (κ2) is 6.45. The molecular formula is C20H21F5N4S. The van der Waals surface area contributed by atoms with Crippen LogP contribution in [0, 0.1) is 0 Å². The lowest BCUT2D eigenvalue weighted by Gasteiger charge is -2.40. The summed E-state index contributed by atoms with van der Waals surface area (Å²) >= 11 is 0. The largest absolute Gasteiger partial charge is 0.369 e. The van der Waals surface area contributed by atoms with Gasteiger partial charge in [0.1, 0.15) is 4.90 Å². The quantitative estimate of drug-likeness (QED) is 0.465. The first-order valence-electron chi connectivity index (χ1n) is 9.33. The molecule has 2 heterocycles. The Morgan fingerprint density at radius 2 is 1.43 bits per heavy atom. The van der Waals surface area contributed by atoms with Crippen molar-refractivity contribution >= 4 is 15.9 Å². The van der Waals surface area contributed by atoms with Gasteiger partial charge in [-0.2, -0.15) is 5.10 Å². The molecule has 0 unspecified atom stereocenters. The molecule has 4 rings (SSSR count). The molecule has 2 aromatic carbocycles. The maximum absolute atomic E-state index is 13.2. The van der Waals surface area contributed by atoms with Crippen LogP contribution in [0.4, 0.5) is 25.1 Å². The zero-order valence-corrected chi connectivity index (χ0v) is 17.0. The van der Waals surface area contributed by atoms with E-state index in [0.29, 0.717) is 23.5 Å². The Kier molecular flexibility index (Phi) is 4.45. The first-order valence-corrected chi connectivity index (χ1v) is 11.3. The minimum atomic E-state index is -9.76. The number of hydrogen-bond acceptors (Lipinski definition) is 3. The fourth-order valence-corrected chi connectivity index (χ4v) is 4.18. The Labute approximate surface area is 171 Å². The van der Waals surface area contributed by atoms with E-state index in [-0.39, 0.29) is 5.56 Å². The highest BCUT2D eigenvalue weighted by Gasteiger charge is 2.65. The van der Waals surface area contributed by atoms with E-state index >= 15 is 0 Å². The fourth-order valence-electron chi connectivity index (χ4n) is 3.49. The van der Waals surface area contributed by atoms with Gasteiger partial charge in [0.25, 0.3) is 0 Å². The third kappa shape index (κ3) is 4.29. The van der Waals surface area contributed by atoms with Crippen LogP contribution >= 0.6 is 10.2 Å². The maximum Gasteiger partial charge on any atom is 0.310 e. The van der Waals surface area contributed by atoms with Gasteiger partial charge in [0.05, 0.1) is 17.6 Å². The van der Waals surface area contributed by atoms with Gasteiger partial charge < -0.3 is 9.80 Å². The lowest BCUT2D eigenvalue weighted by molar-refractivity contribution is 0.313. The Morgan fingerprint density at radius 1 is 0.800 bits per heavy atom. The molecule has 0 spiro atoms. The zero-order valence-electron chi connectivity index (χ0n) is 16.2. The summed E-state index contributed by atoms with van der Waals surface area (Å²) < 4.78 is 67.5. The lowest BCUT2D eigenvalue weighted by atomic mass is 10.1. The van der Waals surface area contributed by atoms with Gasteiger partial charge in [0, 0.05) is 37.4 Å². The Morgan fingerprint density at radius 3 is 2.07 bits per heavy atom. The summed E-state index contributed by atoms with van der Waals surface area (Å²) in [5, 5.41) is 4.18. The Balaban J connectivity index is 1.65. The first kappa shape index (κ1) is 20.7. The van der Waals surface area contributed by atoms with E-state index in [1.54, 1.807) is 0 Å². The topological polar surface area (TPSA) is 24.3 Å². The van der Waals surface area contributed by atoms with E-state index in [4.69, 9.17) is 0 Å². The second-order valence-electron chi connectivity index (χ2n) is 7.43. The molecule has 0 N–H and O–H groups in total. The van der Waals surface area contributed by atoms with E-state index in [1.165, 1.54) is 23.0 Å². The molecule has 1 saturated heterocycles. The Hall–Kier alpha value is -2.59. The van der Waals surface area contributed by atoms with E-state index in [9.17, 15) is 19.4 Å². The van der Waals surface area contributed by atoms with E-state index in [0.717, 1.165) is 37.9 Å². The molecule has 10 heteroatoms. The molecular weight excluding hydrogens is 423 g/mol. The van der Waals surface area contributed by atoms with Crippen molar-refractivity contribution in [1.82, 2.24) is 14.7 Å². The smallest absolute Gasteiger partial charge is 0.310 e. The standard InChI is InChI=1S/C20H21F5N4S/c1-27-11-13-28(14-12-27)17-5-7-18(8-6-17)29-20(9-10-26-29)16-3-2-4-19(15-16)30(21,22,23,24)25/h2-10,15H,11-14H2,1H3. The monoisotopic (exact) mass is 444 g/mol. The minimum Gasteiger partial charge on any atom is -0.369 e. The van der Waals surface area contributed by atoms with Crippen molar-refractivity contribution in [3.8, 4) is 16.9 Å². The van der Waals surface area contributed by atoms with Gasteiger partial charge in [-0.3, -0.25) is 0 Å². The number of anilines is 1. The third-order valence-electron chi connectivity index (χ3n) is 5.18. The summed E-state index contributed by atoms with van der Waals surface area (Å²) in [5.41, 5.74) is 1.99. The summed E-state index contributed by atoms with van der Waals surface area (Å²) in [6, 6.07) is 12.2. The van der Waals surface area contributed by atoms with Crippen molar-refractivity contribution in [2.24, 2.45) is 0 Å². The minimum absolute atomic E-state index is 0.0152. The normalized spacial score (nSPS) is 18.1. The van der Waals surface area contributed by atoms with Crippen molar-refractivity contribution in [2.45, 2.75) is 4.90 Å². The summed E-state index contributed by atoms with van der Waals surface area (Å²) in [5.74, 6) is 0. The molecule has 0 radical (unpaired) electrons. The van der Waals surface area contributed by atoms with Crippen LogP contribution in [0.25, 0.3) is 16.9 Å². The molecule has 4 nitrogen and oxygen atoms in total. The molecule has 162 valence electrons. The van der Waals surface area contributed by atoms with Crippen LogP contribution in [0.5, 0.6) is 0 Å². The zero-order chi connectivity index (χ0) is 21.6. The molecule has 0 aliphatic carbocycles. The van der Waals surface area contributed by atoms with Gasteiger partial charge in [-0.1, -0.05) is 31.6 Å². The second-order valence-corrected chi connectivity index (χ2v) is 9.84. The van der Waals surface area contributed by atoms with Gasteiger partial charge >= 0.3 is 10.2 Å². The van der Waals surface area contributed by atoms with Crippen molar-refractivity contribution in [1.29, 1.82) is 0 Å². The van der Waals surface area contributed by atoms with Crippen LogP contribution in [0.3, 0.4) is 0 Å². The van der Waals surface area contributed by atoms with Crippen molar-refractivity contribution in [3.05, 3.63) is 60.8 Å². The lowest BCUT2D eigenvalue weighted by Crippen LogP contribution is -2.44. The highest BCUT2D eigenvalue weighted by molar-refractivity contribution is 8.45. The van der Waals surface area contributed by atoms with Gasteiger partial charge in [-0.25, -0.2) is 4.68 Å². The number of nitrogens with zero attached hydrogens (tertiary/aromatic N) is 4. The molecule has 1 aromatic heterocycles. The van der Waals surface area contributed by atoms with Gasteiger partial charge in [0.15, 0.2) is 0 Å². The van der Waals surface area contributed by atoms with Crippen molar-refractivity contribution in [3.63, 3.8) is 0 Å². The summed E-state index contributed by atoms with van der Waals surface area (Å²) in [6.45, 7) is 3.75. The average Bonchev–Trinajstić information content (AvgIpc) is 3.17. The predicted molar refractivity (Wildman–Crippen MR) is 110 cm³/mol. The van der Waals surface area contributed by atoms with Crippen LogP contribution in [0.1, 0.15) is 0 Å². The van der Waals surface area contributed by atoms with E-state index < -0.39 is 15.1 Å². The molecule has 0 amide bonds. The number of halogens is 5. The van der Waals surface area contributed by atoms with Gasteiger partial charge in [0.2, 0.25) is 0 Å². The molecule has 0 saturated carbocycles. The summed E-state index contributed by atoms with van der Waals surface area (Å²) in [6.07, 6.45) is 1.43. The number of benzene rings is 2. The average molecular weight is 444 g/mol. The molecule has 0 bridgehead atoms. The van der Waals surface area contributed by atoms with Crippen molar-refractivity contribution < 1.29 is 19.4 Å². The van der Waals surface area contributed by atoms with Crippen LogP contribution in [0.15, 0.2) is 65.7 Å². The third-order valence-corrected chi connectivity index (χ3v) is 6.33. The van der Waals surface area contributed by atoms with Crippen molar-refractivity contribution in [2.75, 3.05) is 38.1 Å². The number of likely N-dealkylation sites (N-methyl/N-ethyl adjacent to an activating group) is 1. The molecule has 3 aromatic rings. The highest BCUT2D eigenvalue weighted by Crippen LogP contribution is 3.02. The molecule has 1 fully saturated rings. The molecule has 30 heavy (non-hydrogen) atoms. The summed E-state index contributed by atoms with van der Waals surface area (Å²) in [7, 11) is -7.69. The summed E-state index contributed by atoms with van der Waals surface area (Å²) in [4.78, 5) is 2.60. The Bertz CT molecular complexity index is 1060. The predicted octanol–water partition coefficient (Wildman–Crippen LogP) is 5.95. The molecule has 1 aliphatic rings. The molecule has 0 atom stereocenters. The SMILES string of the molecule is CN1CCN(c2ccc(-n3nccc3-c3cccc(S(F)(F)(F)(F)F)c3)cc2)CC1.